The topological polar surface area (TPSA) is 80.4 Å². The van der Waals surface area contributed by atoms with Gasteiger partial charge in [-0.25, -0.2) is 9.18 Å². The zero-order valence-electron chi connectivity index (χ0n) is 18.3. The summed E-state index contributed by atoms with van der Waals surface area (Å²) in [5.74, 6) is -3.02. The van der Waals surface area contributed by atoms with E-state index in [1.807, 2.05) is 0 Å². The molecule has 35 heavy (non-hydrogen) atoms. The molecule has 2 heterocycles. The second-order valence-corrected chi connectivity index (χ2v) is 8.25. The monoisotopic (exact) mass is 510 g/mol. The number of alkyl halides is 3. The lowest BCUT2D eigenvalue weighted by Gasteiger charge is -2.36. The molecule has 0 radical (unpaired) electrons. The number of halogens is 5. The Kier molecular flexibility index (Phi) is 6.32. The van der Waals surface area contributed by atoms with Gasteiger partial charge in [-0.1, -0.05) is 24.2 Å². The lowest BCUT2D eigenvalue weighted by Crippen LogP contribution is -2.42. The van der Waals surface area contributed by atoms with Crippen molar-refractivity contribution in [1.29, 1.82) is 0 Å². The zero-order chi connectivity index (χ0) is 25.7. The number of fused-ring (bicyclic) bond motifs is 1. The number of rotatable bonds is 5. The van der Waals surface area contributed by atoms with Crippen LogP contribution in [0.5, 0.6) is 0 Å². The molecule has 4 rings (SSSR count). The van der Waals surface area contributed by atoms with Gasteiger partial charge in [0.1, 0.15) is 12.4 Å². The molecule has 1 aliphatic heterocycles. The smallest absolute Gasteiger partial charge is 0.388 e. The van der Waals surface area contributed by atoms with Crippen LogP contribution in [-0.4, -0.2) is 38.1 Å². The molecule has 0 fully saturated rings. The van der Waals surface area contributed by atoms with Crippen LogP contribution in [0.4, 0.5) is 23.2 Å². The first-order chi connectivity index (χ1) is 16.5. The third-order valence-corrected chi connectivity index (χ3v) is 6.19. The van der Waals surface area contributed by atoms with Gasteiger partial charge in [-0.05, 0) is 42.8 Å². The van der Waals surface area contributed by atoms with Gasteiger partial charge in [0.25, 0.3) is 5.91 Å². The summed E-state index contributed by atoms with van der Waals surface area (Å²) in [5, 5.41) is 13.4. The summed E-state index contributed by atoms with van der Waals surface area (Å²) in [6.45, 7) is 3.99. The minimum absolute atomic E-state index is 0.0398. The summed E-state index contributed by atoms with van der Waals surface area (Å²) < 4.78 is 58.0. The van der Waals surface area contributed by atoms with Gasteiger partial charge in [0.2, 0.25) is 0 Å². The molecule has 1 unspecified atom stereocenters. The van der Waals surface area contributed by atoms with Crippen molar-refractivity contribution in [2.24, 2.45) is 0 Å². The Bertz CT molecular complexity index is 1380. The van der Waals surface area contributed by atoms with Crippen LogP contribution < -0.4 is 10.6 Å². The molecule has 0 aliphatic carbocycles. The third kappa shape index (κ3) is 4.14. The van der Waals surface area contributed by atoms with E-state index in [0.717, 1.165) is 15.6 Å². The summed E-state index contributed by atoms with van der Waals surface area (Å²) in [5.41, 5.74) is -2.16. The standard InChI is InChI=1S/C23H19ClF4N4O3/c1-3-30-19(11-33)29-32(22(30)35)13-7-8-14-15(9-13)16(12(2)23(26,27)28)10-31(21(14)34)20-17(24)5-4-6-18(20)25/h4-9,16,33H,2-3,10-11H2,1H3. The van der Waals surface area contributed by atoms with Crippen LogP contribution in [0.2, 0.25) is 5.02 Å². The van der Waals surface area contributed by atoms with E-state index in [1.165, 1.54) is 34.9 Å². The average Bonchev–Trinajstić information content (AvgIpc) is 3.14. The third-order valence-electron chi connectivity index (χ3n) is 5.88. The molecule has 12 heteroatoms. The van der Waals surface area contributed by atoms with Gasteiger partial charge in [0, 0.05) is 30.1 Å². The van der Waals surface area contributed by atoms with Crippen LogP contribution in [0.1, 0.15) is 34.6 Å². The van der Waals surface area contributed by atoms with Crippen LogP contribution in [0.3, 0.4) is 0 Å². The van der Waals surface area contributed by atoms with E-state index >= 15 is 0 Å². The van der Waals surface area contributed by atoms with Crippen molar-refractivity contribution in [3.05, 3.63) is 86.8 Å². The van der Waals surface area contributed by atoms with Gasteiger partial charge in [0.05, 0.1) is 16.4 Å². The first-order valence-corrected chi connectivity index (χ1v) is 10.8. The van der Waals surface area contributed by atoms with Gasteiger partial charge in [-0.15, -0.1) is 5.10 Å². The summed E-state index contributed by atoms with van der Waals surface area (Å²) in [6, 6.07) is 7.54. The number of aromatic nitrogens is 3. The second kappa shape index (κ2) is 8.97. The average molecular weight is 511 g/mol. The van der Waals surface area contributed by atoms with Gasteiger partial charge in [-0.3, -0.25) is 9.36 Å². The number of aliphatic hydroxyl groups excluding tert-OH is 1. The maximum Gasteiger partial charge on any atom is 0.412 e. The fourth-order valence-corrected chi connectivity index (χ4v) is 4.41. The van der Waals surface area contributed by atoms with Crippen LogP contribution in [0.25, 0.3) is 5.69 Å². The van der Waals surface area contributed by atoms with E-state index < -0.39 is 48.2 Å². The number of anilines is 1. The van der Waals surface area contributed by atoms with E-state index in [1.54, 1.807) is 6.92 Å². The van der Waals surface area contributed by atoms with Crippen molar-refractivity contribution in [3.8, 4) is 5.69 Å². The zero-order valence-corrected chi connectivity index (χ0v) is 19.1. The molecule has 1 amide bonds. The number of para-hydroxylation sites is 1. The van der Waals surface area contributed by atoms with Crippen LogP contribution >= 0.6 is 11.6 Å². The van der Waals surface area contributed by atoms with Gasteiger partial charge in [0.15, 0.2) is 5.82 Å². The van der Waals surface area contributed by atoms with Crippen molar-refractivity contribution in [1.82, 2.24) is 14.3 Å². The maximum absolute atomic E-state index is 14.6. The van der Waals surface area contributed by atoms with Crippen molar-refractivity contribution < 1.29 is 27.5 Å². The van der Waals surface area contributed by atoms with Crippen molar-refractivity contribution in [2.75, 3.05) is 11.4 Å². The summed E-state index contributed by atoms with van der Waals surface area (Å²) >= 11 is 6.09. The molecular weight excluding hydrogens is 492 g/mol. The van der Waals surface area contributed by atoms with Crippen LogP contribution in [-0.2, 0) is 13.2 Å². The molecule has 0 saturated heterocycles. The van der Waals surface area contributed by atoms with Crippen LogP contribution in [0.15, 0.2) is 53.3 Å². The molecule has 1 aromatic heterocycles. The number of amides is 1. The number of nitrogens with zero attached hydrogens (tertiary/aromatic N) is 4. The highest BCUT2D eigenvalue weighted by atomic mass is 35.5. The highest BCUT2D eigenvalue weighted by Gasteiger charge is 2.44. The Morgan fingerprint density at radius 3 is 2.54 bits per heavy atom. The molecule has 7 nitrogen and oxygen atoms in total. The first kappa shape index (κ1) is 24.7. The minimum Gasteiger partial charge on any atom is -0.388 e. The second-order valence-electron chi connectivity index (χ2n) is 7.85. The minimum atomic E-state index is -4.81. The summed E-state index contributed by atoms with van der Waals surface area (Å²) in [6.07, 6.45) is -4.81. The Morgan fingerprint density at radius 2 is 1.97 bits per heavy atom. The Hall–Kier alpha value is -3.44. The highest BCUT2D eigenvalue weighted by Crippen LogP contribution is 2.43. The van der Waals surface area contributed by atoms with E-state index in [-0.39, 0.29) is 39.9 Å². The maximum atomic E-state index is 14.6. The van der Waals surface area contributed by atoms with Crippen molar-refractivity contribution in [2.45, 2.75) is 32.2 Å². The number of aliphatic hydroxyl groups is 1. The number of benzene rings is 2. The predicted octanol–water partition coefficient (Wildman–Crippen LogP) is 4.20. The molecule has 2 aromatic carbocycles. The van der Waals surface area contributed by atoms with E-state index in [2.05, 4.69) is 11.7 Å². The molecule has 3 aromatic rings. The van der Waals surface area contributed by atoms with E-state index in [0.29, 0.717) is 0 Å². The summed E-state index contributed by atoms with van der Waals surface area (Å²) in [7, 11) is 0. The molecule has 0 bridgehead atoms. The molecule has 1 atom stereocenters. The van der Waals surface area contributed by atoms with Crippen molar-refractivity contribution >= 4 is 23.2 Å². The Balaban J connectivity index is 1.91. The normalized spacial score (nSPS) is 15.9. The number of hydrogen-bond acceptors (Lipinski definition) is 4. The van der Waals surface area contributed by atoms with Gasteiger partial charge >= 0.3 is 11.9 Å². The van der Waals surface area contributed by atoms with E-state index in [9.17, 15) is 32.3 Å². The first-order valence-electron chi connectivity index (χ1n) is 10.4. The predicted molar refractivity (Wildman–Crippen MR) is 120 cm³/mol. The quantitative estimate of drug-likeness (QED) is 0.412. The fourth-order valence-electron chi connectivity index (χ4n) is 4.15. The number of hydrogen-bond donors (Lipinski definition) is 1. The Labute approximate surface area is 201 Å². The molecule has 0 saturated carbocycles. The lowest BCUT2D eigenvalue weighted by atomic mass is 9.83. The summed E-state index contributed by atoms with van der Waals surface area (Å²) in [4.78, 5) is 26.9. The SMILES string of the molecule is C=C(C1CN(c2c(F)cccc2Cl)C(=O)c2ccc(-n3nc(CO)n(CC)c3=O)cc21)C(F)(F)F. The van der Waals surface area contributed by atoms with E-state index in [4.69, 9.17) is 11.6 Å². The van der Waals surface area contributed by atoms with Crippen LogP contribution in [0, 0.1) is 5.82 Å². The molecule has 184 valence electrons. The number of carbonyl (C=O) groups excluding carboxylic acids is 1. The molecule has 0 spiro atoms. The van der Waals surface area contributed by atoms with Crippen molar-refractivity contribution in [3.63, 3.8) is 0 Å². The molecule has 1 N–H and O–H groups in total. The largest absolute Gasteiger partial charge is 0.412 e. The lowest BCUT2D eigenvalue weighted by molar-refractivity contribution is -0.0953. The van der Waals surface area contributed by atoms with Gasteiger partial charge < -0.3 is 10.0 Å². The molecule has 1 aliphatic rings. The Morgan fingerprint density at radius 1 is 1.26 bits per heavy atom. The highest BCUT2D eigenvalue weighted by molar-refractivity contribution is 6.34. The van der Waals surface area contributed by atoms with Gasteiger partial charge in [-0.2, -0.15) is 17.9 Å². The molecular formula is C23H19ClF4N4O3. The number of carbonyl (C=O) groups is 1. The fraction of sp³-hybridized carbons (Fsp3) is 0.261.